The predicted octanol–water partition coefficient (Wildman–Crippen LogP) is 3.41. The quantitative estimate of drug-likeness (QED) is 0.876. The van der Waals surface area contributed by atoms with E-state index >= 15 is 0 Å². The van der Waals surface area contributed by atoms with Crippen LogP contribution in [0.4, 0.5) is 0 Å². The maximum atomic E-state index is 12.0. The molecule has 1 saturated carbocycles. The van der Waals surface area contributed by atoms with E-state index in [1.165, 1.54) is 0 Å². The van der Waals surface area contributed by atoms with Crippen molar-refractivity contribution in [2.24, 2.45) is 5.73 Å². The van der Waals surface area contributed by atoms with E-state index in [1.54, 1.807) is 18.2 Å². The smallest absolute Gasteiger partial charge is 0.251 e. The van der Waals surface area contributed by atoms with E-state index in [9.17, 15) is 4.79 Å². The van der Waals surface area contributed by atoms with Crippen LogP contribution in [0.5, 0.6) is 0 Å². The number of halogens is 3. The summed E-state index contributed by atoms with van der Waals surface area (Å²) in [6.07, 6.45) is 3.81. The number of nitrogens with two attached hydrogens (primary N) is 1. The molecule has 0 bridgehead atoms. The first-order chi connectivity index (χ1) is 8.56. The largest absolute Gasteiger partial charge is 0.349 e. The Labute approximate surface area is 129 Å². The van der Waals surface area contributed by atoms with Crippen molar-refractivity contribution in [3.8, 4) is 0 Å². The van der Waals surface area contributed by atoms with E-state index in [1.807, 2.05) is 0 Å². The molecule has 1 aliphatic carbocycles. The number of carbonyl (C=O) groups is 1. The lowest BCUT2D eigenvalue weighted by Gasteiger charge is -2.26. The van der Waals surface area contributed by atoms with Crippen molar-refractivity contribution in [2.45, 2.75) is 37.8 Å². The lowest BCUT2D eigenvalue weighted by molar-refractivity contribution is 0.0926. The van der Waals surface area contributed by atoms with Crippen molar-refractivity contribution in [2.75, 3.05) is 0 Å². The monoisotopic (exact) mass is 322 g/mol. The van der Waals surface area contributed by atoms with Gasteiger partial charge in [-0.2, -0.15) is 0 Å². The van der Waals surface area contributed by atoms with Crippen LogP contribution in [0.1, 0.15) is 36.0 Å². The molecule has 3 nitrogen and oxygen atoms in total. The zero-order valence-electron chi connectivity index (χ0n) is 10.4. The Morgan fingerprint density at radius 1 is 1.16 bits per heavy atom. The first-order valence-electron chi connectivity index (χ1n) is 6.08. The van der Waals surface area contributed by atoms with E-state index in [2.05, 4.69) is 5.32 Å². The topological polar surface area (TPSA) is 55.1 Å². The molecule has 0 unspecified atom stereocenters. The van der Waals surface area contributed by atoms with Gasteiger partial charge in [0.05, 0.1) is 10.0 Å². The molecule has 0 atom stereocenters. The van der Waals surface area contributed by atoms with Gasteiger partial charge in [0, 0.05) is 17.6 Å². The zero-order chi connectivity index (χ0) is 13.1. The van der Waals surface area contributed by atoms with Gasteiger partial charge >= 0.3 is 0 Å². The van der Waals surface area contributed by atoms with Crippen molar-refractivity contribution in [1.29, 1.82) is 0 Å². The van der Waals surface area contributed by atoms with Crippen molar-refractivity contribution < 1.29 is 4.79 Å². The average molecular weight is 324 g/mol. The van der Waals surface area contributed by atoms with Crippen LogP contribution in [0.2, 0.25) is 10.0 Å². The fraction of sp³-hybridized carbons (Fsp3) is 0.462. The van der Waals surface area contributed by atoms with Crippen LogP contribution in [-0.4, -0.2) is 18.0 Å². The fourth-order valence-electron chi connectivity index (χ4n) is 2.17. The lowest BCUT2D eigenvalue weighted by Crippen LogP contribution is -2.40. The Morgan fingerprint density at radius 2 is 1.79 bits per heavy atom. The molecule has 3 N–H and O–H groups in total. The molecule has 0 spiro atoms. The Kier molecular flexibility index (Phi) is 6.40. The summed E-state index contributed by atoms with van der Waals surface area (Å²) in [7, 11) is 0. The predicted molar refractivity (Wildman–Crippen MR) is 81.4 cm³/mol. The third-order valence-electron chi connectivity index (χ3n) is 3.29. The van der Waals surface area contributed by atoms with Gasteiger partial charge < -0.3 is 11.1 Å². The van der Waals surface area contributed by atoms with Gasteiger partial charge in [-0.15, -0.1) is 12.4 Å². The van der Waals surface area contributed by atoms with Crippen LogP contribution in [0.15, 0.2) is 18.2 Å². The summed E-state index contributed by atoms with van der Waals surface area (Å²) in [4.78, 5) is 12.0. The van der Waals surface area contributed by atoms with Crippen molar-refractivity contribution in [3.05, 3.63) is 33.8 Å². The first-order valence-corrected chi connectivity index (χ1v) is 6.83. The number of benzene rings is 1. The van der Waals surface area contributed by atoms with Gasteiger partial charge in [0.2, 0.25) is 0 Å². The number of rotatable bonds is 2. The van der Waals surface area contributed by atoms with E-state index in [-0.39, 0.29) is 30.4 Å². The van der Waals surface area contributed by atoms with Crippen LogP contribution < -0.4 is 11.1 Å². The van der Waals surface area contributed by atoms with E-state index in [0.29, 0.717) is 15.6 Å². The van der Waals surface area contributed by atoms with Crippen LogP contribution in [0.25, 0.3) is 0 Å². The standard InChI is InChI=1S/C13H16Cl2N2O.ClH/c14-11-6-1-8(7-12(11)15)13(18)17-10-4-2-9(16)3-5-10;/h1,6-7,9-10H,2-5,16H2,(H,17,18);1H. The molecule has 19 heavy (non-hydrogen) atoms. The maximum absolute atomic E-state index is 12.0. The molecule has 0 heterocycles. The van der Waals surface area contributed by atoms with Gasteiger partial charge in [-0.25, -0.2) is 0 Å². The Bertz CT molecular complexity index is 446. The average Bonchev–Trinajstić information content (AvgIpc) is 2.35. The van der Waals surface area contributed by atoms with Crippen molar-refractivity contribution >= 4 is 41.5 Å². The number of amides is 1. The minimum absolute atomic E-state index is 0. The molecule has 1 aromatic rings. The second-order valence-corrected chi connectivity index (χ2v) is 5.53. The van der Waals surface area contributed by atoms with Crippen molar-refractivity contribution in [1.82, 2.24) is 5.32 Å². The van der Waals surface area contributed by atoms with Gasteiger partial charge in [-0.05, 0) is 43.9 Å². The summed E-state index contributed by atoms with van der Waals surface area (Å²) in [5.74, 6) is -0.103. The zero-order valence-corrected chi connectivity index (χ0v) is 12.7. The summed E-state index contributed by atoms with van der Waals surface area (Å²) >= 11 is 11.7. The lowest BCUT2D eigenvalue weighted by atomic mass is 9.91. The van der Waals surface area contributed by atoms with Gasteiger partial charge in [0.15, 0.2) is 0 Å². The minimum Gasteiger partial charge on any atom is -0.349 e. The molecule has 1 aromatic carbocycles. The third-order valence-corrected chi connectivity index (χ3v) is 4.03. The normalized spacial score (nSPS) is 22.5. The van der Waals surface area contributed by atoms with E-state index in [0.717, 1.165) is 25.7 Å². The van der Waals surface area contributed by atoms with Crippen LogP contribution in [0.3, 0.4) is 0 Å². The number of hydrogen-bond donors (Lipinski definition) is 2. The van der Waals surface area contributed by atoms with Gasteiger partial charge in [-0.3, -0.25) is 4.79 Å². The maximum Gasteiger partial charge on any atom is 0.251 e. The minimum atomic E-state index is -0.103. The number of hydrogen-bond acceptors (Lipinski definition) is 2. The van der Waals surface area contributed by atoms with E-state index in [4.69, 9.17) is 28.9 Å². The van der Waals surface area contributed by atoms with Gasteiger partial charge in [0.1, 0.15) is 0 Å². The summed E-state index contributed by atoms with van der Waals surface area (Å²) in [6, 6.07) is 5.40. The molecule has 1 aliphatic rings. The second kappa shape index (κ2) is 7.34. The highest BCUT2D eigenvalue weighted by Crippen LogP contribution is 2.23. The Morgan fingerprint density at radius 3 is 2.37 bits per heavy atom. The molecule has 0 aliphatic heterocycles. The summed E-state index contributed by atoms with van der Waals surface area (Å²) < 4.78 is 0. The number of nitrogens with one attached hydrogen (secondary N) is 1. The highest BCUT2D eigenvalue weighted by molar-refractivity contribution is 6.42. The molecule has 0 saturated heterocycles. The Balaban J connectivity index is 0.00000180. The second-order valence-electron chi connectivity index (χ2n) is 4.71. The molecule has 0 aromatic heterocycles. The third kappa shape index (κ3) is 4.53. The van der Waals surface area contributed by atoms with Crippen molar-refractivity contribution in [3.63, 3.8) is 0 Å². The highest BCUT2D eigenvalue weighted by atomic mass is 35.5. The van der Waals surface area contributed by atoms with Crippen LogP contribution in [0, 0.1) is 0 Å². The molecule has 6 heteroatoms. The molecular formula is C13H17Cl3N2O. The molecule has 0 radical (unpaired) electrons. The summed E-state index contributed by atoms with van der Waals surface area (Å²) in [6.45, 7) is 0. The molecule has 1 fully saturated rings. The highest BCUT2D eigenvalue weighted by Gasteiger charge is 2.20. The Hall–Kier alpha value is -0.480. The summed E-state index contributed by atoms with van der Waals surface area (Å²) in [5, 5.41) is 3.86. The van der Waals surface area contributed by atoms with E-state index < -0.39 is 0 Å². The SMILES string of the molecule is Cl.NC1CCC(NC(=O)c2ccc(Cl)c(Cl)c2)CC1. The molecule has 2 rings (SSSR count). The number of carbonyl (C=O) groups excluding carboxylic acids is 1. The van der Waals surface area contributed by atoms with Crippen LogP contribution >= 0.6 is 35.6 Å². The summed E-state index contributed by atoms with van der Waals surface area (Å²) in [5.41, 5.74) is 6.37. The molecule has 1 amide bonds. The van der Waals surface area contributed by atoms with Gasteiger partial charge in [0.25, 0.3) is 5.91 Å². The van der Waals surface area contributed by atoms with Gasteiger partial charge in [-0.1, -0.05) is 23.2 Å². The fourth-order valence-corrected chi connectivity index (χ4v) is 2.47. The molecule has 106 valence electrons. The van der Waals surface area contributed by atoms with Crippen LogP contribution in [-0.2, 0) is 0 Å². The molecular weight excluding hydrogens is 307 g/mol. The first kappa shape index (κ1) is 16.6.